The van der Waals surface area contributed by atoms with Crippen molar-refractivity contribution >= 4 is 67.3 Å². The number of pyridine rings is 1. The molecular formula is C32H24ClN3S. The minimum absolute atomic E-state index is 0.0843. The summed E-state index contributed by atoms with van der Waals surface area (Å²) < 4.78 is 23.4. The molecule has 2 aromatic heterocycles. The lowest BCUT2D eigenvalue weighted by Gasteiger charge is -2.30. The topological polar surface area (TPSA) is 19.4 Å². The molecule has 37 heavy (non-hydrogen) atoms. The van der Waals surface area contributed by atoms with Gasteiger partial charge >= 0.3 is 0 Å². The van der Waals surface area contributed by atoms with Crippen LogP contribution in [0, 0.1) is 6.85 Å². The van der Waals surface area contributed by atoms with E-state index in [-0.39, 0.29) is 5.69 Å². The second kappa shape index (κ2) is 10.1. The zero-order chi connectivity index (χ0) is 27.7. The Morgan fingerprint density at radius 1 is 0.622 bits per heavy atom. The third kappa shape index (κ3) is 4.46. The average Bonchev–Trinajstić information content (AvgIpc) is 3.39. The van der Waals surface area contributed by atoms with Gasteiger partial charge in [0.25, 0.3) is 0 Å². The van der Waals surface area contributed by atoms with Crippen LogP contribution in [0.2, 0.25) is 5.02 Å². The maximum Gasteiger partial charge on any atom is 0.125 e. The summed E-state index contributed by atoms with van der Waals surface area (Å²) in [5.74, 6) is 0. The summed E-state index contributed by atoms with van der Waals surface area (Å²) in [5.41, 5.74) is 5.48. The Morgan fingerprint density at radius 3 is 1.73 bits per heavy atom. The Kier molecular flexibility index (Phi) is 5.45. The van der Waals surface area contributed by atoms with Gasteiger partial charge in [0.1, 0.15) is 4.83 Å². The van der Waals surface area contributed by atoms with E-state index in [4.69, 9.17) is 15.7 Å². The van der Waals surface area contributed by atoms with E-state index < -0.39 is 6.85 Å². The largest absolute Gasteiger partial charge is 0.309 e. The molecule has 5 heteroatoms. The van der Waals surface area contributed by atoms with Crippen LogP contribution in [-0.4, -0.2) is 4.98 Å². The number of aryl methyl sites for hydroxylation is 1. The van der Waals surface area contributed by atoms with Gasteiger partial charge in [-0.3, -0.25) is 0 Å². The number of nitrogens with zero attached hydrogens (tertiary/aromatic N) is 3. The number of anilines is 6. The van der Waals surface area contributed by atoms with Crippen molar-refractivity contribution in [2.24, 2.45) is 0 Å². The van der Waals surface area contributed by atoms with Gasteiger partial charge in [0, 0.05) is 37.6 Å². The van der Waals surface area contributed by atoms with Crippen LogP contribution in [-0.2, 0) is 0 Å². The average molecular weight is 521 g/mol. The van der Waals surface area contributed by atoms with Crippen molar-refractivity contribution in [2.45, 2.75) is 6.85 Å². The lowest BCUT2D eigenvalue weighted by atomic mass is 10.1. The van der Waals surface area contributed by atoms with E-state index in [9.17, 15) is 0 Å². The Morgan fingerprint density at radius 2 is 1.16 bits per heavy atom. The molecule has 0 fully saturated rings. The Balaban J connectivity index is 1.55. The molecule has 0 aliphatic carbocycles. The number of aromatic nitrogens is 1. The summed E-state index contributed by atoms with van der Waals surface area (Å²) in [6.07, 6.45) is 0. The number of hydrogen-bond donors (Lipinski definition) is 0. The number of para-hydroxylation sites is 3. The predicted molar refractivity (Wildman–Crippen MR) is 159 cm³/mol. The highest BCUT2D eigenvalue weighted by Gasteiger charge is 2.23. The van der Waals surface area contributed by atoms with Gasteiger partial charge in [-0.25, -0.2) is 4.98 Å². The molecule has 3 nitrogen and oxygen atoms in total. The third-order valence-corrected chi connectivity index (χ3v) is 7.41. The number of halogens is 1. The van der Waals surface area contributed by atoms with Crippen LogP contribution in [0.15, 0.2) is 127 Å². The fourth-order valence-corrected chi connectivity index (χ4v) is 5.69. The van der Waals surface area contributed by atoms with Gasteiger partial charge in [0.2, 0.25) is 0 Å². The monoisotopic (exact) mass is 520 g/mol. The molecule has 0 spiro atoms. The van der Waals surface area contributed by atoms with Gasteiger partial charge in [-0.2, -0.15) is 0 Å². The molecule has 180 valence electrons. The van der Waals surface area contributed by atoms with Crippen LogP contribution in [0.5, 0.6) is 0 Å². The second-order valence-corrected chi connectivity index (χ2v) is 9.69. The molecule has 0 bridgehead atoms. The summed E-state index contributed by atoms with van der Waals surface area (Å²) >= 11 is 8.75. The zero-order valence-electron chi connectivity index (χ0n) is 22.8. The SMILES string of the molecule is [2H]C([2H])([2H])c1ccc2c(N(c3ccccc3)c3cccc(N(c4ccccc4)c4ccccc4)c3Cl)csc2n1. The van der Waals surface area contributed by atoms with Gasteiger partial charge in [-0.1, -0.05) is 72.3 Å². The summed E-state index contributed by atoms with van der Waals surface area (Å²) in [5, 5.41) is 3.43. The first-order chi connectivity index (χ1) is 19.4. The highest BCUT2D eigenvalue weighted by molar-refractivity contribution is 7.17. The molecule has 0 saturated carbocycles. The summed E-state index contributed by atoms with van der Waals surface area (Å²) in [4.78, 5) is 9.38. The second-order valence-electron chi connectivity index (χ2n) is 8.46. The van der Waals surface area contributed by atoms with Crippen molar-refractivity contribution in [3.63, 3.8) is 0 Å². The fourth-order valence-electron chi connectivity index (χ4n) is 4.49. The Hall–Kier alpha value is -4.12. The summed E-state index contributed by atoms with van der Waals surface area (Å²) in [7, 11) is 0. The fraction of sp³-hybridized carbons (Fsp3) is 0.0312. The van der Waals surface area contributed by atoms with E-state index in [0.717, 1.165) is 39.5 Å². The number of benzene rings is 4. The number of hydrogen-bond acceptors (Lipinski definition) is 4. The molecule has 0 amide bonds. The number of rotatable bonds is 6. The predicted octanol–water partition coefficient (Wildman–Crippen LogP) is 10.2. The zero-order valence-corrected chi connectivity index (χ0v) is 21.3. The maximum atomic E-state index is 7.79. The molecule has 6 rings (SSSR count). The Labute approximate surface area is 230 Å². The van der Waals surface area contributed by atoms with Crippen molar-refractivity contribution in [3.05, 3.63) is 137 Å². The molecular weight excluding hydrogens is 494 g/mol. The van der Waals surface area contributed by atoms with Crippen LogP contribution in [0.25, 0.3) is 10.2 Å². The van der Waals surface area contributed by atoms with E-state index in [1.165, 1.54) is 11.3 Å². The molecule has 0 aliphatic heterocycles. The van der Waals surface area contributed by atoms with Gasteiger partial charge in [-0.15, -0.1) is 11.3 Å². The lowest BCUT2D eigenvalue weighted by Crippen LogP contribution is -2.14. The van der Waals surface area contributed by atoms with Crippen molar-refractivity contribution < 1.29 is 4.11 Å². The first-order valence-electron chi connectivity index (χ1n) is 13.3. The molecule has 0 saturated heterocycles. The lowest BCUT2D eigenvalue weighted by molar-refractivity contribution is 1.25. The van der Waals surface area contributed by atoms with Crippen LogP contribution in [0.4, 0.5) is 34.1 Å². The molecule has 6 aromatic rings. The molecule has 0 radical (unpaired) electrons. The number of thiophene rings is 1. The van der Waals surface area contributed by atoms with E-state index in [1.54, 1.807) is 6.07 Å². The highest BCUT2D eigenvalue weighted by atomic mass is 35.5. The van der Waals surface area contributed by atoms with Crippen LogP contribution >= 0.6 is 22.9 Å². The Bertz CT molecular complexity index is 1720. The standard InChI is InChI=1S/C32H24ClN3S/c1-23-20-21-27-30(22-37-32(27)34-23)36(26-16-9-4-10-17-26)29-19-11-18-28(31(29)33)35(24-12-5-2-6-13-24)25-14-7-3-8-15-25/h2-22H,1H3/i1D3. The van der Waals surface area contributed by atoms with Crippen LogP contribution < -0.4 is 9.80 Å². The molecule has 4 aromatic carbocycles. The van der Waals surface area contributed by atoms with Gasteiger partial charge < -0.3 is 9.80 Å². The quantitative estimate of drug-likeness (QED) is 0.218. The third-order valence-electron chi connectivity index (χ3n) is 6.14. The first kappa shape index (κ1) is 20.0. The van der Waals surface area contributed by atoms with E-state index >= 15 is 0 Å². The van der Waals surface area contributed by atoms with Crippen LogP contribution in [0.3, 0.4) is 0 Å². The van der Waals surface area contributed by atoms with Crippen molar-refractivity contribution in [1.29, 1.82) is 0 Å². The molecule has 0 aliphatic rings. The molecule has 2 heterocycles. The van der Waals surface area contributed by atoms with E-state index in [2.05, 4.69) is 39.0 Å². The van der Waals surface area contributed by atoms with Crippen molar-refractivity contribution in [1.82, 2.24) is 4.98 Å². The highest BCUT2D eigenvalue weighted by Crippen LogP contribution is 2.48. The smallest absolute Gasteiger partial charge is 0.125 e. The molecule has 0 unspecified atom stereocenters. The normalized spacial score (nSPS) is 12.5. The minimum Gasteiger partial charge on any atom is -0.309 e. The molecule has 0 N–H and O–H groups in total. The minimum atomic E-state index is -2.27. The van der Waals surface area contributed by atoms with Gasteiger partial charge in [-0.05, 0) is 67.5 Å². The first-order valence-corrected chi connectivity index (χ1v) is 13.1. The van der Waals surface area contributed by atoms with E-state index in [1.807, 2.05) is 96.4 Å². The van der Waals surface area contributed by atoms with E-state index in [0.29, 0.717) is 9.85 Å². The van der Waals surface area contributed by atoms with Crippen molar-refractivity contribution in [3.8, 4) is 0 Å². The van der Waals surface area contributed by atoms with Crippen molar-refractivity contribution in [2.75, 3.05) is 9.80 Å². The molecule has 0 atom stereocenters. The summed E-state index contributed by atoms with van der Waals surface area (Å²) in [6.45, 7) is -2.27. The van der Waals surface area contributed by atoms with Gasteiger partial charge in [0.05, 0.1) is 22.1 Å². The van der Waals surface area contributed by atoms with Crippen LogP contribution in [0.1, 0.15) is 9.81 Å². The number of fused-ring (bicyclic) bond motifs is 1. The van der Waals surface area contributed by atoms with Gasteiger partial charge in [0.15, 0.2) is 0 Å². The maximum absolute atomic E-state index is 7.79. The summed E-state index contributed by atoms with van der Waals surface area (Å²) in [6, 6.07) is 39.7.